The number of hydrogen-bond donors (Lipinski definition) is 4. The Labute approximate surface area is 117 Å². The molecule has 3 atom stereocenters. The van der Waals surface area contributed by atoms with E-state index in [0.29, 0.717) is 12.8 Å². The highest BCUT2D eigenvalue weighted by atomic mass is 32.2. The molecular formula is C12H23N3O3S. The number of nitrogens with one attached hydrogen (secondary N) is 2. The van der Waals surface area contributed by atoms with E-state index in [1.54, 1.807) is 11.8 Å². The van der Waals surface area contributed by atoms with Gasteiger partial charge in [0.2, 0.25) is 5.91 Å². The summed E-state index contributed by atoms with van der Waals surface area (Å²) in [5, 5.41) is 15.0. The van der Waals surface area contributed by atoms with E-state index >= 15 is 0 Å². The summed E-state index contributed by atoms with van der Waals surface area (Å²) in [5.74, 6) is 0.521. The van der Waals surface area contributed by atoms with E-state index in [4.69, 9.17) is 5.73 Å². The predicted molar refractivity (Wildman–Crippen MR) is 75.8 cm³/mol. The first-order chi connectivity index (χ1) is 8.78. The molecule has 0 radical (unpaired) electrons. The molecule has 3 unspecified atom stereocenters. The molecule has 1 aliphatic carbocycles. The molecule has 0 aliphatic heterocycles. The van der Waals surface area contributed by atoms with Crippen LogP contribution in [0.15, 0.2) is 0 Å². The zero-order chi connectivity index (χ0) is 14.6. The number of hydrogen-bond acceptors (Lipinski definition) is 4. The van der Waals surface area contributed by atoms with Crippen molar-refractivity contribution in [1.82, 2.24) is 10.6 Å². The first-order valence-electron chi connectivity index (χ1n) is 6.32. The van der Waals surface area contributed by atoms with Crippen molar-refractivity contribution in [3.63, 3.8) is 0 Å². The van der Waals surface area contributed by atoms with Gasteiger partial charge < -0.3 is 21.5 Å². The van der Waals surface area contributed by atoms with Crippen LogP contribution >= 0.6 is 11.8 Å². The molecule has 0 bridgehead atoms. The molecule has 3 amide bonds. The average molecular weight is 289 g/mol. The molecular weight excluding hydrogens is 266 g/mol. The molecule has 1 rings (SSSR count). The fraction of sp³-hybridized carbons (Fsp3) is 0.833. The molecule has 1 fully saturated rings. The predicted octanol–water partition coefficient (Wildman–Crippen LogP) is 0.0520. The minimum atomic E-state index is -0.700. The molecule has 7 heteroatoms. The van der Waals surface area contributed by atoms with Crippen molar-refractivity contribution in [2.45, 2.75) is 44.9 Å². The third-order valence-electron chi connectivity index (χ3n) is 3.78. The number of carbonyl (C=O) groups is 2. The Kier molecular flexibility index (Phi) is 5.49. The molecule has 110 valence electrons. The summed E-state index contributed by atoms with van der Waals surface area (Å²) in [7, 11) is 0. The van der Waals surface area contributed by atoms with Crippen LogP contribution in [0.4, 0.5) is 4.79 Å². The van der Waals surface area contributed by atoms with Crippen LogP contribution in [0.1, 0.15) is 26.7 Å². The second kappa shape index (κ2) is 6.47. The highest BCUT2D eigenvalue weighted by Gasteiger charge is 2.48. The molecule has 0 aromatic heterocycles. The second-order valence-electron chi connectivity index (χ2n) is 5.48. The summed E-state index contributed by atoms with van der Waals surface area (Å²) in [6.45, 7) is 3.81. The second-order valence-corrected chi connectivity index (χ2v) is 6.46. The van der Waals surface area contributed by atoms with Crippen LogP contribution in [-0.4, -0.2) is 47.2 Å². The molecule has 5 N–H and O–H groups in total. The Morgan fingerprint density at radius 2 is 2.16 bits per heavy atom. The van der Waals surface area contributed by atoms with E-state index in [1.807, 2.05) is 20.1 Å². The average Bonchev–Trinajstić information content (AvgIpc) is 2.33. The van der Waals surface area contributed by atoms with Gasteiger partial charge in [0.25, 0.3) is 0 Å². The van der Waals surface area contributed by atoms with Crippen molar-refractivity contribution < 1.29 is 14.7 Å². The van der Waals surface area contributed by atoms with Crippen molar-refractivity contribution >= 4 is 23.7 Å². The van der Waals surface area contributed by atoms with E-state index in [-0.39, 0.29) is 17.4 Å². The van der Waals surface area contributed by atoms with Crippen LogP contribution in [0, 0.1) is 5.41 Å². The molecule has 1 aliphatic rings. The van der Waals surface area contributed by atoms with Crippen LogP contribution in [0.5, 0.6) is 0 Å². The van der Waals surface area contributed by atoms with Gasteiger partial charge in [0.05, 0.1) is 6.10 Å². The van der Waals surface area contributed by atoms with Gasteiger partial charge in [0, 0.05) is 11.5 Å². The van der Waals surface area contributed by atoms with Crippen molar-refractivity contribution in [2.24, 2.45) is 11.1 Å². The topological polar surface area (TPSA) is 104 Å². The maximum atomic E-state index is 12.1. The number of rotatable bonds is 6. The first-order valence-corrected chi connectivity index (χ1v) is 7.71. The van der Waals surface area contributed by atoms with Crippen molar-refractivity contribution in [1.29, 1.82) is 0 Å². The van der Waals surface area contributed by atoms with E-state index < -0.39 is 18.2 Å². The van der Waals surface area contributed by atoms with Crippen molar-refractivity contribution in [3.8, 4) is 0 Å². The van der Waals surface area contributed by atoms with Gasteiger partial charge in [-0.15, -0.1) is 0 Å². The quantitative estimate of drug-likeness (QED) is 0.554. The van der Waals surface area contributed by atoms with Crippen molar-refractivity contribution in [3.05, 3.63) is 0 Å². The SMILES string of the molecule is CSCCC(NC(N)=O)C(=O)NC1CC(O)C1(C)C. The minimum Gasteiger partial charge on any atom is -0.392 e. The van der Waals surface area contributed by atoms with Crippen LogP contribution in [0.2, 0.25) is 0 Å². The van der Waals surface area contributed by atoms with Gasteiger partial charge in [-0.2, -0.15) is 11.8 Å². The molecule has 0 heterocycles. The Bertz CT molecular complexity index is 349. The third kappa shape index (κ3) is 4.01. The minimum absolute atomic E-state index is 0.0681. The summed E-state index contributed by atoms with van der Waals surface area (Å²) >= 11 is 1.60. The summed E-state index contributed by atoms with van der Waals surface area (Å²) in [6.07, 6.45) is 2.62. The lowest BCUT2D eigenvalue weighted by molar-refractivity contribution is -0.131. The van der Waals surface area contributed by atoms with Gasteiger partial charge >= 0.3 is 6.03 Å². The number of amides is 3. The van der Waals surface area contributed by atoms with Crippen LogP contribution < -0.4 is 16.4 Å². The number of nitrogens with two attached hydrogens (primary N) is 1. The fourth-order valence-electron chi connectivity index (χ4n) is 2.10. The number of carbonyl (C=O) groups excluding carboxylic acids is 2. The lowest BCUT2D eigenvalue weighted by Crippen LogP contribution is -2.63. The molecule has 19 heavy (non-hydrogen) atoms. The Morgan fingerprint density at radius 3 is 2.58 bits per heavy atom. The Hall–Kier alpha value is -0.950. The van der Waals surface area contributed by atoms with Gasteiger partial charge in [-0.1, -0.05) is 13.8 Å². The normalized spacial score (nSPS) is 26.1. The van der Waals surface area contributed by atoms with E-state index in [2.05, 4.69) is 10.6 Å². The maximum absolute atomic E-state index is 12.1. The van der Waals surface area contributed by atoms with Gasteiger partial charge in [-0.3, -0.25) is 4.79 Å². The standard InChI is InChI=1S/C12H23N3O3S/c1-12(2)8(6-9(12)16)15-10(17)7(4-5-19-3)14-11(13)18/h7-9,16H,4-6H2,1-3H3,(H,15,17)(H3,13,14,18). The number of aliphatic hydroxyl groups excluding tert-OH is 1. The lowest BCUT2D eigenvalue weighted by atomic mass is 9.64. The number of urea groups is 1. The van der Waals surface area contributed by atoms with Gasteiger partial charge in [0.1, 0.15) is 6.04 Å². The van der Waals surface area contributed by atoms with E-state index in [9.17, 15) is 14.7 Å². The zero-order valence-electron chi connectivity index (χ0n) is 11.6. The van der Waals surface area contributed by atoms with Crippen LogP contribution in [0.25, 0.3) is 0 Å². The van der Waals surface area contributed by atoms with Crippen LogP contribution in [0.3, 0.4) is 0 Å². The van der Waals surface area contributed by atoms with Gasteiger partial charge in [-0.05, 0) is 24.9 Å². The zero-order valence-corrected chi connectivity index (χ0v) is 12.4. The number of primary amides is 1. The summed E-state index contributed by atoms with van der Waals surface area (Å²) in [4.78, 5) is 23.0. The molecule has 0 aromatic rings. The monoisotopic (exact) mass is 289 g/mol. The summed E-state index contributed by atoms with van der Waals surface area (Å²) < 4.78 is 0. The van der Waals surface area contributed by atoms with Crippen LogP contribution in [-0.2, 0) is 4.79 Å². The third-order valence-corrected chi connectivity index (χ3v) is 4.42. The lowest BCUT2D eigenvalue weighted by Gasteiger charge is -2.49. The smallest absolute Gasteiger partial charge is 0.312 e. The summed E-state index contributed by atoms with van der Waals surface area (Å²) in [5.41, 5.74) is 4.75. The Balaban J connectivity index is 2.54. The van der Waals surface area contributed by atoms with E-state index in [1.165, 1.54) is 0 Å². The molecule has 1 saturated carbocycles. The molecule has 0 aromatic carbocycles. The number of thioether (sulfide) groups is 1. The Morgan fingerprint density at radius 1 is 1.53 bits per heavy atom. The summed E-state index contributed by atoms with van der Waals surface area (Å²) in [6, 6.07) is -1.38. The molecule has 6 nitrogen and oxygen atoms in total. The highest BCUT2D eigenvalue weighted by Crippen LogP contribution is 2.40. The van der Waals surface area contributed by atoms with Crippen molar-refractivity contribution in [2.75, 3.05) is 12.0 Å². The molecule has 0 saturated heterocycles. The van der Waals surface area contributed by atoms with Gasteiger partial charge in [0.15, 0.2) is 0 Å². The number of aliphatic hydroxyl groups is 1. The largest absolute Gasteiger partial charge is 0.392 e. The maximum Gasteiger partial charge on any atom is 0.312 e. The first kappa shape index (κ1) is 16.1. The fourth-order valence-corrected chi connectivity index (χ4v) is 2.57. The highest BCUT2D eigenvalue weighted by molar-refractivity contribution is 7.98. The molecule has 0 spiro atoms. The van der Waals surface area contributed by atoms with Gasteiger partial charge in [-0.25, -0.2) is 4.79 Å². The van der Waals surface area contributed by atoms with E-state index in [0.717, 1.165) is 5.75 Å².